The molecular formula is C31H22F6N4O. The molecule has 11 heteroatoms. The lowest BCUT2D eigenvalue weighted by Crippen LogP contribution is -2.28. The van der Waals surface area contributed by atoms with Crippen LogP contribution in [0, 0.1) is 0 Å². The molecule has 0 spiro atoms. The maximum atomic E-state index is 13.7. The first kappa shape index (κ1) is 27.5. The minimum absolute atomic E-state index is 0.0879. The van der Waals surface area contributed by atoms with Crippen molar-refractivity contribution in [2.24, 2.45) is 0 Å². The Bertz CT molecular complexity index is 1730. The summed E-state index contributed by atoms with van der Waals surface area (Å²) in [6.07, 6.45) is -5.79. The largest absolute Gasteiger partial charge is 0.416 e. The number of amides is 1. The summed E-state index contributed by atoms with van der Waals surface area (Å²) in [5, 5.41) is 0. The first-order valence-corrected chi connectivity index (χ1v) is 13.1. The molecule has 3 aromatic carbocycles. The second-order valence-corrected chi connectivity index (χ2v) is 10.1. The molecule has 0 bridgehead atoms. The summed E-state index contributed by atoms with van der Waals surface area (Å²) in [4.78, 5) is 23.8. The maximum absolute atomic E-state index is 13.7. The molecule has 1 fully saturated rings. The molecule has 0 radical (unpaired) electrons. The number of rotatable bonds is 4. The number of nitrogens with zero attached hydrogens (tertiary/aromatic N) is 4. The van der Waals surface area contributed by atoms with Gasteiger partial charge in [0.15, 0.2) is 0 Å². The molecule has 214 valence electrons. The minimum Gasteiger partial charge on any atom is -0.338 e. The fourth-order valence-electron chi connectivity index (χ4n) is 5.35. The highest BCUT2D eigenvalue weighted by atomic mass is 19.4. The van der Waals surface area contributed by atoms with Crippen molar-refractivity contribution in [2.45, 2.75) is 24.7 Å². The predicted octanol–water partition coefficient (Wildman–Crippen LogP) is 7.75. The van der Waals surface area contributed by atoms with Crippen molar-refractivity contribution < 1.29 is 31.1 Å². The lowest BCUT2D eigenvalue weighted by molar-refractivity contribution is -0.143. The number of alkyl halides is 6. The molecule has 5 nitrogen and oxygen atoms in total. The Morgan fingerprint density at radius 2 is 1.55 bits per heavy atom. The Labute approximate surface area is 236 Å². The summed E-state index contributed by atoms with van der Waals surface area (Å²) >= 11 is 0. The van der Waals surface area contributed by atoms with Gasteiger partial charge in [-0.2, -0.15) is 26.3 Å². The molecule has 1 aliphatic heterocycles. The van der Waals surface area contributed by atoms with Crippen LogP contribution in [-0.4, -0.2) is 38.4 Å². The van der Waals surface area contributed by atoms with Gasteiger partial charge in [0.1, 0.15) is 5.82 Å². The van der Waals surface area contributed by atoms with Crippen LogP contribution in [0.1, 0.15) is 39.4 Å². The van der Waals surface area contributed by atoms with Crippen LogP contribution in [0.3, 0.4) is 0 Å². The van der Waals surface area contributed by atoms with E-state index in [0.29, 0.717) is 42.0 Å². The third-order valence-electron chi connectivity index (χ3n) is 7.39. The molecule has 2 aromatic heterocycles. The monoisotopic (exact) mass is 580 g/mol. The average Bonchev–Trinajstić information content (AvgIpc) is 3.62. The van der Waals surface area contributed by atoms with Crippen molar-refractivity contribution in [1.82, 2.24) is 19.4 Å². The smallest absolute Gasteiger partial charge is 0.338 e. The summed E-state index contributed by atoms with van der Waals surface area (Å²) in [6.45, 7) is 1.03. The quantitative estimate of drug-likeness (QED) is 0.204. The topological polar surface area (TPSA) is 51.0 Å². The Balaban J connectivity index is 1.44. The maximum Gasteiger partial charge on any atom is 0.416 e. The van der Waals surface area contributed by atoms with E-state index >= 15 is 0 Å². The highest BCUT2D eigenvalue weighted by molar-refractivity contribution is 5.98. The zero-order valence-corrected chi connectivity index (χ0v) is 21.8. The molecule has 42 heavy (non-hydrogen) atoms. The second kappa shape index (κ2) is 10.3. The van der Waals surface area contributed by atoms with Crippen molar-refractivity contribution in [3.63, 3.8) is 0 Å². The summed E-state index contributed by atoms with van der Waals surface area (Å²) in [5.74, 6) is -0.216. The predicted molar refractivity (Wildman–Crippen MR) is 144 cm³/mol. The van der Waals surface area contributed by atoms with Crippen molar-refractivity contribution >= 4 is 16.9 Å². The number of aromatic nitrogens is 3. The zero-order valence-electron chi connectivity index (χ0n) is 21.8. The minimum atomic E-state index is -5.01. The fourth-order valence-corrected chi connectivity index (χ4v) is 5.35. The number of benzene rings is 3. The summed E-state index contributed by atoms with van der Waals surface area (Å²) < 4.78 is 83.5. The van der Waals surface area contributed by atoms with Gasteiger partial charge in [-0.15, -0.1) is 0 Å². The van der Waals surface area contributed by atoms with E-state index in [9.17, 15) is 31.1 Å². The molecule has 5 aromatic rings. The van der Waals surface area contributed by atoms with E-state index < -0.39 is 23.5 Å². The van der Waals surface area contributed by atoms with Crippen molar-refractivity contribution in [3.05, 3.63) is 114 Å². The molecule has 1 unspecified atom stereocenters. The Morgan fingerprint density at radius 3 is 2.19 bits per heavy atom. The number of hydrogen-bond donors (Lipinski definition) is 0. The molecule has 6 rings (SSSR count). The fraction of sp³-hybridized carbons (Fsp3) is 0.194. The van der Waals surface area contributed by atoms with E-state index in [4.69, 9.17) is 0 Å². The van der Waals surface area contributed by atoms with E-state index in [1.54, 1.807) is 59.8 Å². The molecule has 1 amide bonds. The SMILES string of the molecule is O=C(c1ccc2c(c1)nc(-c1cc(C(F)(F)F)cc(C(F)(F)F)c1)n2-c1ccccc1)N1CCC(c2cccnc2)C1. The van der Waals surface area contributed by atoms with E-state index in [-0.39, 0.29) is 34.8 Å². The number of hydrogen-bond acceptors (Lipinski definition) is 3. The number of imidazole rings is 1. The lowest BCUT2D eigenvalue weighted by atomic mass is 10.0. The number of para-hydroxylation sites is 1. The van der Waals surface area contributed by atoms with E-state index in [1.807, 2.05) is 12.1 Å². The Kier molecular flexibility index (Phi) is 6.75. The Hall–Kier alpha value is -4.67. The molecular weight excluding hydrogens is 558 g/mol. The van der Waals surface area contributed by atoms with Crippen molar-refractivity contribution in [3.8, 4) is 17.1 Å². The average molecular weight is 581 g/mol. The van der Waals surface area contributed by atoms with Gasteiger partial charge >= 0.3 is 12.4 Å². The van der Waals surface area contributed by atoms with Crippen LogP contribution in [0.25, 0.3) is 28.1 Å². The van der Waals surface area contributed by atoms with Crippen LogP contribution in [0.5, 0.6) is 0 Å². The number of fused-ring (bicyclic) bond motifs is 1. The number of carbonyl (C=O) groups excluding carboxylic acids is 1. The van der Waals surface area contributed by atoms with Gasteiger partial charge in [0.25, 0.3) is 5.91 Å². The van der Waals surface area contributed by atoms with Gasteiger partial charge in [0, 0.05) is 48.2 Å². The van der Waals surface area contributed by atoms with Crippen LogP contribution >= 0.6 is 0 Å². The molecule has 1 aliphatic rings. The van der Waals surface area contributed by atoms with E-state index in [1.165, 1.54) is 10.6 Å². The number of carbonyl (C=O) groups is 1. The van der Waals surface area contributed by atoms with Gasteiger partial charge in [0.2, 0.25) is 0 Å². The Morgan fingerprint density at radius 1 is 0.833 bits per heavy atom. The number of pyridine rings is 1. The van der Waals surface area contributed by atoms with E-state index in [0.717, 1.165) is 12.0 Å². The number of likely N-dealkylation sites (tertiary alicyclic amines) is 1. The van der Waals surface area contributed by atoms with Crippen LogP contribution in [0.4, 0.5) is 26.3 Å². The highest BCUT2D eigenvalue weighted by Gasteiger charge is 2.37. The van der Waals surface area contributed by atoms with Gasteiger partial charge in [0.05, 0.1) is 22.2 Å². The standard InChI is InChI=1S/C31H22F6N4O/c32-30(33,34)23-13-22(14-24(16-23)31(35,36)37)28-39-26-15-19(8-9-27(26)41(28)25-6-2-1-3-7-25)29(42)40-12-10-21(18-40)20-5-4-11-38-17-20/h1-9,11,13-17,21H,10,12,18H2. The number of halogens is 6. The van der Waals surface area contributed by atoms with Crippen molar-refractivity contribution in [2.75, 3.05) is 13.1 Å². The lowest BCUT2D eigenvalue weighted by Gasteiger charge is -2.17. The van der Waals surface area contributed by atoms with Crippen LogP contribution in [0.15, 0.2) is 91.3 Å². The third-order valence-corrected chi connectivity index (χ3v) is 7.39. The van der Waals surface area contributed by atoms with Crippen LogP contribution in [0.2, 0.25) is 0 Å². The van der Waals surface area contributed by atoms with Gasteiger partial charge in [-0.05, 0) is 66.6 Å². The zero-order chi connectivity index (χ0) is 29.6. The normalized spacial score (nSPS) is 15.9. The van der Waals surface area contributed by atoms with Gasteiger partial charge in [-0.3, -0.25) is 14.3 Å². The molecule has 0 saturated carbocycles. The summed E-state index contributed by atoms with van der Waals surface area (Å²) in [6, 6.07) is 18.4. The first-order chi connectivity index (χ1) is 20.0. The van der Waals surface area contributed by atoms with Gasteiger partial charge in [-0.25, -0.2) is 4.98 Å². The highest BCUT2D eigenvalue weighted by Crippen LogP contribution is 2.40. The first-order valence-electron chi connectivity index (χ1n) is 13.1. The summed E-state index contributed by atoms with van der Waals surface area (Å²) in [7, 11) is 0. The third kappa shape index (κ3) is 5.22. The van der Waals surface area contributed by atoms with E-state index in [2.05, 4.69) is 9.97 Å². The van der Waals surface area contributed by atoms with Gasteiger partial charge in [-0.1, -0.05) is 24.3 Å². The van der Waals surface area contributed by atoms with Gasteiger partial charge < -0.3 is 4.90 Å². The van der Waals surface area contributed by atoms with Crippen LogP contribution < -0.4 is 0 Å². The van der Waals surface area contributed by atoms with Crippen LogP contribution in [-0.2, 0) is 12.4 Å². The van der Waals surface area contributed by atoms with Crippen molar-refractivity contribution in [1.29, 1.82) is 0 Å². The molecule has 1 saturated heterocycles. The summed E-state index contributed by atoms with van der Waals surface area (Å²) in [5.41, 5.74) is -0.712. The molecule has 3 heterocycles. The molecule has 0 aliphatic carbocycles. The molecule has 1 atom stereocenters. The second-order valence-electron chi connectivity index (χ2n) is 10.1. The molecule has 0 N–H and O–H groups in total.